The lowest BCUT2D eigenvalue weighted by Crippen LogP contribution is -1.95. The van der Waals surface area contributed by atoms with E-state index in [1.165, 1.54) is 6.33 Å². The molecule has 0 spiro atoms. The molecule has 0 saturated heterocycles. The molecule has 1 aromatic heterocycles. The summed E-state index contributed by atoms with van der Waals surface area (Å²) in [5.41, 5.74) is 7.40. The Bertz CT molecular complexity index is 696. The Labute approximate surface area is 116 Å². The van der Waals surface area contributed by atoms with Crippen LogP contribution in [-0.2, 0) is 0 Å². The summed E-state index contributed by atoms with van der Waals surface area (Å²) in [6.45, 7) is 0. The van der Waals surface area contributed by atoms with Crippen molar-refractivity contribution in [1.29, 1.82) is 0 Å². The third-order valence-corrected chi connectivity index (χ3v) is 2.81. The Kier molecular flexibility index (Phi) is 3.29. The molecule has 3 rings (SSSR count). The average Bonchev–Trinajstić information content (AvgIpc) is 2.50. The predicted molar refractivity (Wildman–Crippen MR) is 77.2 cm³/mol. The number of benzene rings is 2. The Hall–Kier alpha value is -2.88. The van der Waals surface area contributed by atoms with Crippen LogP contribution in [-0.4, -0.2) is 9.97 Å². The standard InChI is InChI=1S/C16H12N3O/c17-16-15(10-18-11-19-16)12-6-8-14(9-7-12)20-13-4-2-1-3-5-13/h1-9,11H,(H2,17,18,19). The normalized spacial score (nSPS) is 10.2. The third kappa shape index (κ3) is 2.59. The fourth-order valence-electron chi connectivity index (χ4n) is 1.83. The minimum absolute atomic E-state index is 0.414. The zero-order valence-corrected chi connectivity index (χ0v) is 10.7. The molecule has 2 aromatic carbocycles. The van der Waals surface area contributed by atoms with Gasteiger partial charge in [0.2, 0.25) is 0 Å². The molecule has 0 aliphatic heterocycles. The highest BCUT2D eigenvalue weighted by Crippen LogP contribution is 2.27. The van der Waals surface area contributed by atoms with Crippen molar-refractivity contribution in [2.75, 3.05) is 5.73 Å². The summed E-state index contributed by atoms with van der Waals surface area (Å²) in [6.07, 6.45) is 4.22. The first-order chi connectivity index (χ1) is 9.83. The number of nitrogens with two attached hydrogens (primary N) is 1. The molecular formula is C16H12N3O. The highest BCUT2D eigenvalue weighted by atomic mass is 16.5. The van der Waals surface area contributed by atoms with Crippen molar-refractivity contribution >= 4 is 5.82 Å². The van der Waals surface area contributed by atoms with E-state index < -0.39 is 0 Å². The topological polar surface area (TPSA) is 61.0 Å². The van der Waals surface area contributed by atoms with Crippen molar-refractivity contribution in [3.8, 4) is 22.6 Å². The highest BCUT2D eigenvalue weighted by Gasteiger charge is 2.04. The van der Waals surface area contributed by atoms with E-state index in [-0.39, 0.29) is 0 Å². The molecule has 0 bridgehead atoms. The van der Waals surface area contributed by atoms with Gasteiger partial charge in [-0.3, -0.25) is 0 Å². The predicted octanol–water partition coefficient (Wildman–Crippen LogP) is 3.32. The third-order valence-electron chi connectivity index (χ3n) is 2.81. The molecule has 0 fully saturated rings. The summed E-state index contributed by atoms with van der Waals surface area (Å²) in [5.74, 6) is 1.97. The second-order valence-electron chi connectivity index (χ2n) is 4.19. The maximum atomic E-state index is 5.80. The van der Waals surface area contributed by atoms with Crippen molar-refractivity contribution < 1.29 is 4.74 Å². The van der Waals surface area contributed by atoms with Crippen LogP contribution >= 0.6 is 0 Å². The van der Waals surface area contributed by atoms with E-state index >= 15 is 0 Å². The number of nitrogen functional groups attached to an aromatic ring is 1. The summed E-state index contributed by atoms with van der Waals surface area (Å²) in [7, 11) is 0. The minimum Gasteiger partial charge on any atom is -0.457 e. The van der Waals surface area contributed by atoms with Gasteiger partial charge in [-0.15, -0.1) is 0 Å². The molecule has 0 amide bonds. The van der Waals surface area contributed by atoms with E-state index in [0.717, 1.165) is 17.1 Å². The SMILES string of the molecule is Nc1ncn[c]c1-c1ccc(Oc2ccccc2)cc1. The van der Waals surface area contributed by atoms with Crippen LogP contribution in [0.1, 0.15) is 0 Å². The molecule has 97 valence electrons. The van der Waals surface area contributed by atoms with Crippen molar-refractivity contribution in [2.24, 2.45) is 0 Å². The van der Waals surface area contributed by atoms with Gasteiger partial charge in [0.05, 0.1) is 5.56 Å². The lowest BCUT2D eigenvalue weighted by Gasteiger charge is -2.07. The summed E-state index contributed by atoms with van der Waals surface area (Å²) in [4.78, 5) is 7.81. The van der Waals surface area contributed by atoms with Crippen molar-refractivity contribution in [3.05, 3.63) is 67.1 Å². The Morgan fingerprint density at radius 2 is 1.60 bits per heavy atom. The molecule has 0 atom stereocenters. The van der Waals surface area contributed by atoms with E-state index in [1.54, 1.807) is 0 Å². The van der Waals surface area contributed by atoms with Crippen LogP contribution in [0, 0.1) is 6.20 Å². The van der Waals surface area contributed by atoms with Crippen molar-refractivity contribution in [1.82, 2.24) is 9.97 Å². The summed E-state index contributed by atoms with van der Waals surface area (Å²) >= 11 is 0. The van der Waals surface area contributed by atoms with Gasteiger partial charge in [-0.2, -0.15) is 0 Å². The Morgan fingerprint density at radius 1 is 0.900 bits per heavy atom. The van der Waals surface area contributed by atoms with Gasteiger partial charge in [-0.25, -0.2) is 9.97 Å². The van der Waals surface area contributed by atoms with E-state index in [1.807, 2.05) is 54.6 Å². The first kappa shape index (κ1) is 12.2. The second kappa shape index (κ2) is 5.40. The minimum atomic E-state index is 0.414. The molecule has 1 radical (unpaired) electrons. The number of para-hydroxylation sites is 1. The first-order valence-electron chi connectivity index (χ1n) is 6.14. The fraction of sp³-hybridized carbons (Fsp3) is 0. The number of hydrogen-bond acceptors (Lipinski definition) is 4. The number of hydrogen-bond donors (Lipinski definition) is 1. The van der Waals surface area contributed by atoms with Crippen molar-refractivity contribution in [3.63, 3.8) is 0 Å². The number of aromatic nitrogens is 2. The average molecular weight is 262 g/mol. The number of ether oxygens (including phenoxy) is 1. The van der Waals surface area contributed by atoms with Crippen LogP contribution in [0.15, 0.2) is 60.9 Å². The highest BCUT2D eigenvalue weighted by molar-refractivity contribution is 5.72. The smallest absolute Gasteiger partial charge is 0.135 e. The van der Waals surface area contributed by atoms with Gasteiger partial charge < -0.3 is 10.5 Å². The molecule has 20 heavy (non-hydrogen) atoms. The second-order valence-corrected chi connectivity index (χ2v) is 4.19. The molecular weight excluding hydrogens is 250 g/mol. The van der Waals surface area contributed by atoms with Gasteiger partial charge in [0, 0.05) is 0 Å². The van der Waals surface area contributed by atoms with Crippen LogP contribution in [0.5, 0.6) is 11.5 Å². The van der Waals surface area contributed by atoms with E-state index in [9.17, 15) is 0 Å². The monoisotopic (exact) mass is 262 g/mol. The maximum absolute atomic E-state index is 5.80. The number of rotatable bonds is 3. The van der Waals surface area contributed by atoms with Gasteiger partial charge >= 0.3 is 0 Å². The number of anilines is 1. The first-order valence-corrected chi connectivity index (χ1v) is 6.14. The quantitative estimate of drug-likeness (QED) is 0.786. The zero-order valence-electron chi connectivity index (χ0n) is 10.7. The molecule has 0 aliphatic carbocycles. The Morgan fingerprint density at radius 3 is 2.30 bits per heavy atom. The van der Waals surface area contributed by atoms with E-state index in [4.69, 9.17) is 10.5 Å². The molecule has 3 aromatic rings. The van der Waals surface area contributed by atoms with Crippen molar-refractivity contribution in [2.45, 2.75) is 0 Å². The van der Waals surface area contributed by atoms with Crippen LogP contribution in [0.3, 0.4) is 0 Å². The van der Waals surface area contributed by atoms with Gasteiger partial charge in [-0.05, 0) is 29.8 Å². The fourth-order valence-corrected chi connectivity index (χ4v) is 1.83. The maximum Gasteiger partial charge on any atom is 0.135 e. The lowest BCUT2D eigenvalue weighted by atomic mass is 10.1. The molecule has 4 nitrogen and oxygen atoms in total. The molecule has 0 aliphatic rings. The zero-order chi connectivity index (χ0) is 13.8. The molecule has 0 saturated carbocycles. The van der Waals surface area contributed by atoms with Crippen LogP contribution in [0.25, 0.3) is 11.1 Å². The molecule has 2 N–H and O–H groups in total. The van der Waals surface area contributed by atoms with Crippen LogP contribution < -0.4 is 10.5 Å². The van der Waals surface area contributed by atoms with E-state index in [0.29, 0.717) is 11.4 Å². The summed E-state index contributed by atoms with van der Waals surface area (Å²) in [5, 5.41) is 0. The Balaban J connectivity index is 1.83. The van der Waals surface area contributed by atoms with Crippen LogP contribution in [0.2, 0.25) is 0 Å². The lowest BCUT2D eigenvalue weighted by molar-refractivity contribution is 0.483. The molecule has 4 heteroatoms. The molecule has 0 unspecified atom stereocenters. The van der Waals surface area contributed by atoms with E-state index in [2.05, 4.69) is 16.2 Å². The van der Waals surface area contributed by atoms with Gasteiger partial charge in [0.25, 0.3) is 0 Å². The number of nitrogens with zero attached hydrogens (tertiary/aromatic N) is 2. The summed E-state index contributed by atoms with van der Waals surface area (Å²) < 4.78 is 5.73. The summed E-state index contributed by atoms with van der Waals surface area (Å²) in [6, 6.07) is 17.2. The van der Waals surface area contributed by atoms with Gasteiger partial charge in [0.15, 0.2) is 0 Å². The van der Waals surface area contributed by atoms with Gasteiger partial charge in [-0.1, -0.05) is 30.3 Å². The largest absolute Gasteiger partial charge is 0.457 e. The molecule has 1 heterocycles. The van der Waals surface area contributed by atoms with Crippen LogP contribution in [0.4, 0.5) is 5.82 Å². The van der Waals surface area contributed by atoms with Gasteiger partial charge in [0.1, 0.15) is 29.8 Å².